The molecule has 7 heteroatoms. The van der Waals surface area contributed by atoms with E-state index in [4.69, 9.17) is 5.73 Å². The lowest BCUT2D eigenvalue weighted by Gasteiger charge is -2.44. The van der Waals surface area contributed by atoms with Crippen molar-refractivity contribution >= 4 is 23.4 Å². The van der Waals surface area contributed by atoms with E-state index in [1.807, 2.05) is 6.92 Å². The number of nitrogens with two attached hydrogens (primary N) is 1. The van der Waals surface area contributed by atoms with Gasteiger partial charge < -0.3 is 10.8 Å². The summed E-state index contributed by atoms with van der Waals surface area (Å²) in [4.78, 5) is 38.1. The van der Waals surface area contributed by atoms with Gasteiger partial charge in [0.2, 0.25) is 5.91 Å². The molecule has 2 heterocycles. The number of nitrogens with zero attached hydrogens (tertiary/aromatic N) is 1. The van der Waals surface area contributed by atoms with Gasteiger partial charge >= 0.3 is 0 Å². The summed E-state index contributed by atoms with van der Waals surface area (Å²) in [5.74, 6) is -1.36. The fourth-order valence-electron chi connectivity index (χ4n) is 3.59. The number of aliphatic hydroxyl groups is 1. The molecular weight excluding hydrogens is 298 g/mol. The Labute approximate surface area is 133 Å². The average Bonchev–Trinajstić information content (AvgIpc) is 2.76. The lowest BCUT2D eigenvalue weighted by molar-refractivity contribution is -0.149. The quantitative estimate of drug-likeness (QED) is 0.561. The van der Waals surface area contributed by atoms with Gasteiger partial charge in [0, 0.05) is 17.7 Å². The zero-order chi connectivity index (χ0) is 16.8. The molecule has 1 aromatic carbocycles. The number of hydrogen-bond donors (Lipinski definition) is 3. The Kier molecular flexibility index (Phi) is 3.60. The molecular formula is C16H19N3O4. The number of rotatable bonds is 3. The minimum absolute atomic E-state index is 0.133. The minimum Gasteiger partial charge on any atom is -0.398 e. The lowest BCUT2D eigenvalue weighted by atomic mass is 9.82. The Hall–Kier alpha value is -2.41. The van der Waals surface area contributed by atoms with Crippen LogP contribution >= 0.6 is 0 Å². The first-order valence-electron chi connectivity index (χ1n) is 7.67. The fraction of sp³-hybridized carbons (Fsp3) is 0.438. The molecule has 0 aromatic heterocycles. The van der Waals surface area contributed by atoms with Gasteiger partial charge in [0.1, 0.15) is 5.54 Å². The second-order valence-corrected chi connectivity index (χ2v) is 6.02. The zero-order valence-corrected chi connectivity index (χ0v) is 12.8. The topological polar surface area (TPSA) is 113 Å². The summed E-state index contributed by atoms with van der Waals surface area (Å²) < 4.78 is 0. The van der Waals surface area contributed by atoms with E-state index < -0.39 is 23.6 Å². The summed E-state index contributed by atoms with van der Waals surface area (Å²) in [6.45, 7) is 1.89. The van der Waals surface area contributed by atoms with Crippen LogP contribution in [0.1, 0.15) is 54.8 Å². The Balaban J connectivity index is 2.09. The molecule has 4 N–H and O–H groups in total. The van der Waals surface area contributed by atoms with Gasteiger partial charge in [-0.25, -0.2) is 0 Å². The molecule has 2 aliphatic rings. The fourth-order valence-corrected chi connectivity index (χ4v) is 3.59. The molecule has 7 nitrogen and oxygen atoms in total. The van der Waals surface area contributed by atoms with Crippen LogP contribution in [0, 0.1) is 0 Å². The predicted octanol–water partition coefficient (Wildman–Crippen LogP) is 0.691. The van der Waals surface area contributed by atoms with Crippen LogP contribution in [0.5, 0.6) is 0 Å². The van der Waals surface area contributed by atoms with Gasteiger partial charge in [-0.2, -0.15) is 0 Å². The highest BCUT2D eigenvalue weighted by molar-refractivity contribution is 6.09. The van der Waals surface area contributed by atoms with Crippen molar-refractivity contribution in [3.63, 3.8) is 0 Å². The van der Waals surface area contributed by atoms with Gasteiger partial charge in [0.15, 0.2) is 6.23 Å². The third-order valence-electron chi connectivity index (χ3n) is 4.65. The first-order valence-corrected chi connectivity index (χ1v) is 7.67. The number of carbonyl (C=O) groups is 3. The molecule has 3 amide bonds. The summed E-state index contributed by atoms with van der Waals surface area (Å²) >= 11 is 0. The van der Waals surface area contributed by atoms with Crippen molar-refractivity contribution in [2.45, 2.75) is 44.4 Å². The number of imide groups is 1. The molecule has 0 radical (unpaired) electrons. The van der Waals surface area contributed by atoms with E-state index in [1.165, 1.54) is 4.90 Å². The van der Waals surface area contributed by atoms with Gasteiger partial charge in [-0.3, -0.25) is 24.6 Å². The number of anilines is 1. The molecule has 2 atom stereocenters. The number of carbonyl (C=O) groups excluding carboxylic acids is 3. The number of amides is 3. The lowest BCUT2D eigenvalue weighted by Crippen LogP contribution is -2.63. The second-order valence-electron chi connectivity index (χ2n) is 6.02. The van der Waals surface area contributed by atoms with E-state index in [2.05, 4.69) is 5.32 Å². The number of aliphatic hydroxyl groups excluding tert-OH is 1. The highest BCUT2D eigenvalue weighted by atomic mass is 16.3. The maximum Gasteiger partial charge on any atom is 0.259 e. The molecule has 122 valence electrons. The van der Waals surface area contributed by atoms with Gasteiger partial charge in [-0.1, -0.05) is 25.5 Å². The molecule has 1 saturated heterocycles. The smallest absolute Gasteiger partial charge is 0.259 e. The molecule has 2 aliphatic heterocycles. The number of benzene rings is 1. The zero-order valence-electron chi connectivity index (χ0n) is 12.8. The van der Waals surface area contributed by atoms with Crippen molar-refractivity contribution in [2.75, 3.05) is 5.73 Å². The molecule has 1 aromatic rings. The Morgan fingerprint density at radius 3 is 2.74 bits per heavy atom. The number of nitrogen functional groups attached to an aromatic ring is 1. The standard InChI is InChI=1S/C16H19N3O4/c1-2-7-16(8-6-11(20)18-15(16)23)19-13(21)9-4-3-5-10(17)12(9)14(19)22/h3-5,13,21H,2,6-8,17H2,1H3,(H,18,20,23). The van der Waals surface area contributed by atoms with Crippen LogP contribution in [-0.4, -0.2) is 33.3 Å². The van der Waals surface area contributed by atoms with Crippen LogP contribution in [0.3, 0.4) is 0 Å². The van der Waals surface area contributed by atoms with E-state index in [0.29, 0.717) is 18.4 Å². The van der Waals surface area contributed by atoms with E-state index in [0.717, 1.165) is 0 Å². The Morgan fingerprint density at radius 2 is 2.13 bits per heavy atom. The van der Waals surface area contributed by atoms with Gasteiger partial charge in [0.25, 0.3) is 11.8 Å². The molecule has 23 heavy (non-hydrogen) atoms. The molecule has 0 saturated carbocycles. The summed E-state index contributed by atoms with van der Waals surface area (Å²) in [7, 11) is 0. The van der Waals surface area contributed by atoms with E-state index in [9.17, 15) is 19.5 Å². The number of piperidine rings is 1. The van der Waals surface area contributed by atoms with Crippen molar-refractivity contribution in [1.82, 2.24) is 10.2 Å². The van der Waals surface area contributed by atoms with Crippen molar-refractivity contribution in [1.29, 1.82) is 0 Å². The summed E-state index contributed by atoms with van der Waals surface area (Å²) in [5.41, 5.74) is 5.55. The van der Waals surface area contributed by atoms with Crippen LogP contribution in [0.15, 0.2) is 18.2 Å². The second kappa shape index (κ2) is 5.34. The average molecular weight is 317 g/mol. The van der Waals surface area contributed by atoms with Crippen LogP contribution < -0.4 is 11.1 Å². The molecule has 0 spiro atoms. The largest absolute Gasteiger partial charge is 0.398 e. The van der Waals surface area contributed by atoms with Crippen molar-refractivity contribution in [3.8, 4) is 0 Å². The Morgan fingerprint density at radius 1 is 1.39 bits per heavy atom. The normalized spacial score (nSPS) is 27.1. The molecule has 0 bridgehead atoms. The van der Waals surface area contributed by atoms with Gasteiger partial charge in [0.05, 0.1) is 5.56 Å². The van der Waals surface area contributed by atoms with Crippen LogP contribution in [-0.2, 0) is 9.59 Å². The SMILES string of the molecule is CCCC1(N2C(=O)c3c(N)cccc3C2O)CCC(=O)NC1=O. The summed E-state index contributed by atoms with van der Waals surface area (Å²) in [6, 6.07) is 4.87. The van der Waals surface area contributed by atoms with Crippen LogP contribution in [0.25, 0.3) is 0 Å². The van der Waals surface area contributed by atoms with Gasteiger partial charge in [-0.05, 0) is 18.9 Å². The number of fused-ring (bicyclic) bond motifs is 1. The van der Waals surface area contributed by atoms with Gasteiger partial charge in [-0.15, -0.1) is 0 Å². The third kappa shape index (κ3) is 2.11. The van der Waals surface area contributed by atoms with E-state index in [1.54, 1.807) is 18.2 Å². The molecule has 1 fully saturated rings. The van der Waals surface area contributed by atoms with E-state index in [-0.39, 0.29) is 30.0 Å². The molecule has 2 unspecified atom stereocenters. The predicted molar refractivity (Wildman–Crippen MR) is 82.0 cm³/mol. The number of nitrogens with one attached hydrogen (secondary N) is 1. The molecule has 0 aliphatic carbocycles. The van der Waals surface area contributed by atoms with Crippen molar-refractivity contribution < 1.29 is 19.5 Å². The molecule has 3 rings (SSSR count). The maximum atomic E-state index is 12.9. The van der Waals surface area contributed by atoms with E-state index >= 15 is 0 Å². The first-order chi connectivity index (χ1) is 10.9. The maximum absolute atomic E-state index is 12.9. The van der Waals surface area contributed by atoms with Crippen LogP contribution in [0.2, 0.25) is 0 Å². The summed E-state index contributed by atoms with van der Waals surface area (Å²) in [6.07, 6.45) is 0.0785. The van der Waals surface area contributed by atoms with Crippen LogP contribution in [0.4, 0.5) is 5.69 Å². The highest BCUT2D eigenvalue weighted by Gasteiger charge is 2.54. The Bertz CT molecular complexity index is 703. The summed E-state index contributed by atoms with van der Waals surface area (Å²) in [5, 5.41) is 12.9. The van der Waals surface area contributed by atoms with Crippen molar-refractivity contribution in [3.05, 3.63) is 29.3 Å². The minimum atomic E-state index is -1.24. The third-order valence-corrected chi connectivity index (χ3v) is 4.65. The monoisotopic (exact) mass is 317 g/mol. The van der Waals surface area contributed by atoms with Crippen molar-refractivity contribution in [2.24, 2.45) is 0 Å². The first kappa shape index (κ1) is 15.5. The number of hydrogen-bond acceptors (Lipinski definition) is 5. The highest BCUT2D eigenvalue weighted by Crippen LogP contribution is 2.43.